The van der Waals surface area contributed by atoms with E-state index in [1.54, 1.807) is 0 Å². The van der Waals surface area contributed by atoms with Crippen LogP contribution < -0.4 is 10.0 Å². The standard InChI is InChI=1S/C9H12N2O4S/c1-10-9(13)7-4-3-6(12)5-8(7)11-16(2,14)15/h3-5,11-12H,1-2H3,(H,10,13). The molecule has 0 aliphatic rings. The minimum Gasteiger partial charge on any atom is -0.508 e. The number of rotatable bonds is 3. The van der Waals surface area contributed by atoms with Gasteiger partial charge in [-0.25, -0.2) is 8.42 Å². The number of carbonyl (C=O) groups is 1. The van der Waals surface area contributed by atoms with E-state index in [4.69, 9.17) is 0 Å². The van der Waals surface area contributed by atoms with Crippen molar-refractivity contribution in [3.63, 3.8) is 0 Å². The first kappa shape index (κ1) is 12.3. The first-order valence-corrected chi connectivity index (χ1v) is 6.25. The number of carbonyl (C=O) groups excluding carboxylic acids is 1. The average Bonchev–Trinajstić information content (AvgIpc) is 2.14. The van der Waals surface area contributed by atoms with Gasteiger partial charge in [0.2, 0.25) is 10.0 Å². The molecule has 3 N–H and O–H groups in total. The molecular weight excluding hydrogens is 232 g/mol. The topological polar surface area (TPSA) is 95.5 Å². The molecule has 0 atom stereocenters. The fraction of sp³-hybridized carbons (Fsp3) is 0.222. The van der Waals surface area contributed by atoms with E-state index in [9.17, 15) is 18.3 Å². The molecule has 1 aromatic carbocycles. The zero-order chi connectivity index (χ0) is 12.3. The Morgan fingerprint density at radius 3 is 2.50 bits per heavy atom. The van der Waals surface area contributed by atoms with Gasteiger partial charge < -0.3 is 10.4 Å². The van der Waals surface area contributed by atoms with Gasteiger partial charge in [-0.2, -0.15) is 0 Å². The number of hydrogen-bond acceptors (Lipinski definition) is 4. The Kier molecular flexibility index (Phi) is 3.38. The van der Waals surface area contributed by atoms with Crippen molar-refractivity contribution >= 4 is 21.6 Å². The molecule has 6 nitrogen and oxygen atoms in total. The molecule has 0 saturated carbocycles. The molecule has 0 saturated heterocycles. The highest BCUT2D eigenvalue weighted by molar-refractivity contribution is 7.92. The summed E-state index contributed by atoms with van der Waals surface area (Å²) in [6, 6.07) is 3.81. The van der Waals surface area contributed by atoms with Gasteiger partial charge in [0.25, 0.3) is 5.91 Å². The van der Waals surface area contributed by atoms with Crippen molar-refractivity contribution < 1.29 is 18.3 Å². The number of hydrogen-bond donors (Lipinski definition) is 3. The fourth-order valence-corrected chi connectivity index (χ4v) is 1.72. The molecule has 1 aromatic rings. The largest absolute Gasteiger partial charge is 0.508 e. The summed E-state index contributed by atoms with van der Waals surface area (Å²) in [6.07, 6.45) is 0.963. The second-order valence-electron chi connectivity index (χ2n) is 3.18. The zero-order valence-electron chi connectivity index (χ0n) is 8.81. The van der Waals surface area contributed by atoms with Crippen LogP contribution in [0.4, 0.5) is 5.69 Å². The van der Waals surface area contributed by atoms with E-state index in [-0.39, 0.29) is 17.0 Å². The summed E-state index contributed by atoms with van der Waals surface area (Å²) in [6.45, 7) is 0. The van der Waals surface area contributed by atoms with Crippen LogP contribution in [0.5, 0.6) is 5.75 Å². The Balaban J connectivity index is 3.23. The first-order valence-electron chi connectivity index (χ1n) is 4.36. The predicted molar refractivity (Wildman–Crippen MR) is 60.0 cm³/mol. The lowest BCUT2D eigenvalue weighted by molar-refractivity contribution is 0.0964. The zero-order valence-corrected chi connectivity index (χ0v) is 9.63. The lowest BCUT2D eigenvalue weighted by Crippen LogP contribution is -2.21. The third kappa shape index (κ3) is 3.13. The minimum absolute atomic E-state index is 0.0434. The second-order valence-corrected chi connectivity index (χ2v) is 4.93. The lowest BCUT2D eigenvalue weighted by atomic mass is 10.1. The van der Waals surface area contributed by atoms with Gasteiger partial charge in [-0.15, -0.1) is 0 Å². The number of aromatic hydroxyl groups is 1. The molecule has 7 heteroatoms. The van der Waals surface area contributed by atoms with Gasteiger partial charge in [-0.1, -0.05) is 0 Å². The van der Waals surface area contributed by atoms with Crippen molar-refractivity contribution in [2.75, 3.05) is 18.0 Å². The van der Waals surface area contributed by atoms with E-state index in [1.807, 2.05) is 0 Å². The van der Waals surface area contributed by atoms with Gasteiger partial charge in [0, 0.05) is 13.1 Å². The van der Waals surface area contributed by atoms with Crippen LogP contribution in [0.1, 0.15) is 10.4 Å². The molecule has 88 valence electrons. The third-order valence-electron chi connectivity index (χ3n) is 1.77. The van der Waals surface area contributed by atoms with Crippen LogP contribution in [-0.4, -0.2) is 32.7 Å². The Hall–Kier alpha value is -1.76. The van der Waals surface area contributed by atoms with Crippen LogP contribution >= 0.6 is 0 Å². The highest BCUT2D eigenvalue weighted by Gasteiger charge is 2.13. The van der Waals surface area contributed by atoms with E-state index in [1.165, 1.54) is 25.2 Å². The highest BCUT2D eigenvalue weighted by Crippen LogP contribution is 2.22. The van der Waals surface area contributed by atoms with Crippen LogP contribution in [0.25, 0.3) is 0 Å². The van der Waals surface area contributed by atoms with Crippen molar-refractivity contribution in [3.05, 3.63) is 23.8 Å². The molecule has 0 radical (unpaired) electrons. The number of nitrogens with one attached hydrogen (secondary N) is 2. The van der Waals surface area contributed by atoms with Gasteiger partial charge in [0.1, 0.15) is 5.75 Å². The average molecular weight is 244 g/mol. The first-order chi connectivity index (χ1) is 7.33. The molecule has 16 heavy (non-hydrogen) atoms. The van der Waals surface area contributed by atoms with Crippen molar-refractivity contribution in [2.45, 2.75) is 0 Å². The molecule has 0 heterocycles. The third-order valence-corrected chi connectivity index (χ3v) is 2.36. The summed E-state index contributed by atoms with van der Waals surface area (Å²) < 4.78 is 24.3. The lowest BCUT2D eigenvalue weighted by Gasteiger charge is -2.09. The summed E-state index contributed by atoms with van der Waals surface area (Å²) >= 11 is 0. The van der Waals surface area contributed by atoms with E-state index < -0.39 is 15.9 Å². The maximum atomic E-state index is 11.4. The molecule has 1 rings (SSSR count). The molecule has 0 aliphatic heterocycles. The number of sulfonamides is 1. The quantitative estimate of drug-likeness (QED) is 0.704. The SMILES string of the molecule is CNC(=O)c1ccc(O)cc1NS(C)(=O)=O. The molecular formula is C9H12N2O4S. The molecule has 0 bridgehead atoms. The van der Waals surface area contributed by atoms with Gasteiger partial charge in [-0.05, 0) is 12.1 Å². The second kappa shape index (κ2) is 4.40. The van der Waals surface area contributed by atoms with Crippen LogP contribution in [0.2, 0.25) is 0 Å². The molecule has 0 aliphatic carbocycles. The van der Waals surface area contributed by atoms with Crippen LogP contribution in [0.3, 0.4) is 0 Å². The van der Waals surface area contributed by atoms with Crippen molar-refractivity contribution in [3.8, 4) is 5.75 Å². The Bertz CT molecular complexity index is 510. The van der Waals surface area contributed by atoms with E-state index in [0.717, 1.165) is 6.26 Å². The van der Waals surface area contributed by atoms with Crippen LogP contribution in [-0.2, 0) is 10.0 Å². The van der Waals surface area contributed by atoms with Gasteiger partial charge >= 0.3 is 0 Å². The van der Waals surface area contributed by atoms with E-state index >= 15 is 0 Å². The Morgan fingerprint density at radius 2 is 2.00 bits per heavy atom. The summed E-state index contributed by atoms with van der Waals surface area (Å²) in [5.41, 5.74) is 0.188. The van der Waals surface area contributed by atoms with Crippen LogP contribution in [0.15, 0.2) is 18.2 Å². The summed E-state index contributed by atoms with van der Waals surface area (Å²) in [4.78, 5) is 11.4. The van der Waals surface area contributed by atoms with Crippen molar-refractivity contribution in [1.82, 2.24) is 5.32 Å². The molecule has 0 fully saturated rings. The van der Waals surface area contributed by atoms with Crippen molar-refractivity contribution in [1.29, 1.82) is 0 Å². The van der Waals surface area contributed by atoms with E-state index in [2.05, 4.69) is 10.0 Å². The minimum atomic E-state index is -3.50. The fourth-order valence-electron chi connectivity index (χ4n) is 1.15. The molecule has 0 unspecified atom stereocenters. The predicted octanol–water partition coefficient (Wildman–Crippen LogP) is 0.123. The summed E-state index contributed by atoms with van der Waals surface area (Å²) in [7, 11) is -2.07. The number of amides is 1. The number of anilines is 1. The van der Waals surface area contributed by atoms with E-state index in [0.29, 0.717) is 0 Å². The van der Waals surface area contributed by atoms with Crippen LogP contribution in [0, 0.1) is 0 Å². The monoisotopic (exact) mass is 244 g/mol. The van der Waals surface area contributed by atoms with Gasteiger partial charge in [-0.3, -0.25) is 9.52 Å². The Labute approximate surface area is 93.3 Å². The maximum Gasteiger partial charge on any atom is 0.253 e. The summed E-state index contributed by atoms with van der Waals surface area (Å²) in [5, 5.41) is 11.6. The normalized spacial score (nSPS) is 10.9. The Morgan fingerprint density at radius 1 is 1.38 bits per heavy atom. The van der Waals surface area contributed by atoms with Gasteiger partial charge in [0.15, 0.2) is 0 Å². The molecule has 1 amide bonds. The molecule has 0 aromatic heterocycles. The molecule has 0 spiro atoms. The maximum absolute atomic E-state index is 11.4. The number of phenols is 1. The number of benzene rings is 1. The van der Waals surface area contributed by atoms with Gasteiger partial charge in [0.05, 0.1) is 17.5 Å². The smallest absolute Gasteiger partial charge is 0.253 e. The summed E-state index contributed by atoms with van der Waals surface area (Å²) in [5.74, 6) is -0.565. The number of phenolic OH excluding ortho intramolecular Hbond substituents is 1. The van der Waals surface area contributed by atoms with Crippen molar-refractivity contribution in [2.24, 2.45) is 0 Å². The highest BCUT2D eigenvalue weighted by atomic mass is 32.2.